The molecular weight excluding hydrogens is 386 g/mol. The summed E-state index contributed by atoms with van der Waals surface area (Å²) in [5.74, 6) is 1.01. The lowest BCUT2D eigenvalue weighted by Crippen LogP contribution is -2.52. The molecule has 7 heteroatoms. The maximum Gasteiger partial charge on any atom is 0.194 e. The number of nitrogens with zero attached hydrogens (tertiary/aromatic N) is 6. The van der Waals surface area contributed by atoms with E-state index in [2.05, 4.69) is 94.8 Å². The Labute approximate surface area is 187 Å². The smallest absolute Gasteiger partial charge is 0.194 e. The summed E-state index contributed by atoms with van der Waals surface area (Å²) in [6.45, 7) is 8.77. The molecule has 7 nitrogen and oxygen atoms in total. The van der Waals surface area contributed by atoms with E-state index in [-0.39, 0.29) is 6.04 Å². The van der Waals surface area contributed by atoms with E-state index in [9.17, 15) is 0 Å². The number of benzene rings is 1. The highest BCUT2D eigenvalue weighted by Gasteiger charge is 2.20. The molecule has 0 radical (unpaired) electrons. The second-order valence-electron chi connectivity index (χ2n) is 8.22. The summed E-state index contributed by atoms with van der Waals surface area (Å²) in [5, 5.41) is 7.82. The minimum atomic E-state index is 0.215. The Morgan fingerprint density at radius 3 is 2.55 bits per heavy atom. The monoisotopic (exact) mass is 423 g/mol. The van der Waals surface area contributed by atoms with E-state index < -0.39 is 0 Å². The van der Waals surface area contributed by atoms with Crippen LogP contribution in [-0.2, 0) is 7.05 Å². The van der Waals surface area contributed by atoms with Gasteiger partial charge in [0.1, 0.15) is 0 Å². The highest BCUT2D eigenvalue weighted by molar-refractivity contribution is 5.80. The Morgan fingerprint density at radius 2 is 1.94 bits per heavy atom. The minimum absolute atomic E-state index is 0.215. The van der Waals surface area contributed by atoms with Gasteiger partial charge in [0.2, 0.25) is 0 Å². The second kappa shape index (κ2) is 11.7. The van der Waals surface area contributed by atoms with E-state index in [0.29, 0.717) is 6.54 Å². The maximum atomic E-state index is 4.99. The predicted molar refractivity (Wildman–Crippen MR) is 129 cm³/mol. The SMILES string of the molecule is CCNC(=NCC(c1cnn(C)c1)N(C)C)N1CCN(C/C=C/c2ccccc2)CC1. The average molecular weight is 424 g/mol. The first kappa shape index (κ1) is 23.0. The van der Waals surface area contributed by atoms with Crippen molar-refractivity contribution in [3.05, 3.63) is 59.9 Å². The van der Waals surface area contributed by atoms with E-state index >= 15 is 0 Å². The van der Waals surface area contributed by atoms with Crippen molar-refractivity contribution in [1.82, 2.24) is 29.8 Å². The van der Waals surface area contributed by atoms with Gasteiger partial charge in [-0.05, 0) is 26.6 Å². The van der Waals surface area contributed by atoms with Gasteiger partial charge in [0.25, 0.3) is 0 Å². The number of likely N-dealkylation sites (N-methyl/N-ethyl adjacent to an activating group) is 1. The third kappa shape index (κ3) is 6.94. The molecule has 1 atom stereocenters. The summed E-state index contributed by atoms with van der Waals surface area (Å²) in [6.07, 6.45) is 8.49. The van der Waals surface area contributed by atoms with Gasteiger partial charge in [-0.1, -0.05) is 42.5 Å². The van der Waals surface area contributed by atoms with E-state index in [4.69, 9.17) is 4.99 Å². The molecule has 0 saturated carbocycles. The van der Waals surface area contributed by atoms with Crippen LogP contribution >= 0.6 is 0 Å². The van der Waals surface area contributed by atoms with Crippen LogP contribution in [-0.4, -0.2) is 90.3 Å². The van der Waals surface area contributed by atoms with Crippen LogP contribution in [0.25, 0.3) is 6.08 Å². The van der Waals surface area contributed by atoms with Gasteiger partial charge in [0.05, 0.1) is 18.8 Å². The van der Waals surface area contributed by atoms with Crippen molar-refractivity contribution in [3.63, 3.8) is 0 Å². The van der Waals surface area contributed by atoms with Crippen LogP contribution in [0.1, 0.15) is 24.1 Å². The van der Waals surface area contributed by atoms with Gasteiger partial charge in [0.15, 0.2) is 5.96 Å². The Bertz CT molecular complexity index is 833. The number of nitrogens with one attached hydrogen (secondary N) is 1. The van der Waals surface area contributed by atoms with Gasteiger partial charge in [-0.2, -0.15) is 5.10 Å². The first-order chi connectivity index (χ1) is 15.1. The number of aryl methyl sites for hydroxylation is 1. The quantitative estimate of drug-likeness (QED) is 0.522. The van der Waals surface area contributed by atoms with Crippen LogP contribution in [0.4, 0.5) is 0 Å². The number of hydrogen-bond donors (Lipinski definition) is 1. The molecule has 1 aromatic carbocycles. The molecule has 3 rings (SSSR count). The van der Waals surface area contributed by atoms with Crippen LogP contribution in [0.5, 0.6) is 0 Å². The normalized spacial score (nSPS) is 16.9. The minimum Gasteiger partial charge on any atom is -0.357 e. The number of aliphatic imine (C=N–C) groups is 1. The molecule has 0 aliphatic carbocycles. The van der Waals surface area contributed by atoms with E-state index in [0.717, 1.165) is 45.2 Å². The molecule has 1 aliphatic heterocycles. The number of piperazine rings is 1. The molecule has 168 valence electrons. The van der Waals surface area contributed by atoms with Gasteiger partial charge in [-0.25, -0.2) is 0 Å². The molecule has 2 aromatic rings. The molecule has 1 aliphatic rings. The molecule has 1 N–H and O–H groups in total. The van der Waals surface area contributed by atoms with Crippen LogP contribution in [0.3, 0.4) is 0 Å². The topological polar surface area (TPSA) is 51.9 Å². The summed E-state index contributed by atoms with van der Waals surface area (Å²) >= 11 is 0. The van der Waals surface area contributed by atoms with Crippen molar-refractivity contribution in [3.8, 4) is 0 Å². The van der Waals surface area contributed by atoms with Gasteiger partial charge in [-0.15, -0.1) is 0 Å². The fourth-order valence-corrected chi connectivity index (χ4v) is 3.82. The van der Waals surface area contributed by atoms with E-state index in [1.807, 2.05) is 17.9 Å². The fourth-order valence-electron chi connectivity index (χ4n) is 3.82. The number of guanidine groups is 1. The van der Waals surface area contributed by atoms with Crippen molar-refractivity contribution in [1.29, 1.82) is 0 Å². The zero-order valence-electron chi connectivity index (χ0n) is 19.4. The molecule has 0 bridgehead atoms. The van der Waals surface area contributed by atoms with Gasteiger partial charge >= 0.3 is 0 Å². The first-order valence-electron chi connectivity index (χ1n) is 11.2. The van der Waals surface area contributed by atoms with Crippen molar-refractivity contribution in [2.45, 2.75) is 13.0 Å². The van der Waals surface area contributed by atoms with Gasteiger partial charge in [0, 0.05) is 58.1 Å². The summed E-state index contributed by atoms with van der Waals surface area (Å²) < 4.78 is 1.85. The van der Waals surface area contributed by atoms with Crippen molar-refractivity contribution in [2.24, 2.45) is 12.0 Å². The molecule has 31 heavy (non-hydrogen) atoms. The van der Waals surface area contributed by atoms with E-state index in [1.54, 1.807) is 0 Å². The largest absolute Gasteiger partial charge is 0.357 e. The van der Waals surface area contributed by atoms with Crippen molar-refractivity contribution >= 4 is 12.0 Å². The highest BCUT2D eigenvalue weighted by Crippen LogP contribution is 2.18. The second-order valence-corrected chi connectivity index (χ2v) is 8.22. The van der Waals surface area contributed by atoms with Crippen LogP contribution < -0.4 is 5.32 Å². The Morgan fingerprint density at radius 1 is 1.19 bits per heavy atom. The average Bonchev–Trinajstić information content (AvgIpc) is 3.20. The van der Waals surface area contributed by atoms with Crippen LogP contribution in [0.2, 0.25) is 0 Å². The van der Waals surface area contributed by atoms with Crippen LogP contribution in [0, 0.1) is 0 Å². The Balaban J connectivity index is 1.55. The lowest BCUT2D eigenvalue weighted by Gasteiger charge is -2.36. The van der Waals surface area contributed by atoms with Crippen molar-refractivity contribution in [2.75, 3.05) is 59.9 Å². The molecule has 1 aromatic heterocycles. The lowest BCUT2D eigenvalue weighted by atomic mass is 10.1. The third-order valence-corrected chi connectivity index (χ3v) is 5.63. The predicted octanol–water partition coefficient (Wildman–Crippen LogP) is 2.32. The third-order valence-electron chi connectivity index (χ3n) is 5.63. The fraction of sp³-hybridized carbons (Fsp3) is 0.500. The van der Waals surface area contributed by atoms with Gasteiger partial charge in [-0.3, -0.25) is 14.6 Å². The van der Waals surface area contributed by atoms with Crippen molar-refractivity contribution < 1.29 is 0 Å². The summed E-state index contributed by atoms with van der Waals surface area (Å²) in [7, 11) is 6.15. The molecule has 1 unspecified atom stereocenters. The zero-order valence-corrected chi connectivity index (χ0v) is 19.4. The van der Waals surface area contributed by atoms with Gasteiger partial charge < -0.3 is 15.1 Å². The molecule has 1 fully saturated rings. The summed E-state index contributed by atoms with van der Waals surface area (Å²) in [5.41, 5.74) is 2.45. The Hall–Kier alpha value is -2.64. The number of hydrogen-bond acceptors (Lipinski definition) is 4. The highest BCUT2D eigenvalue weighted by atomic mass is 15.3. The summed E-state index contributed by atoms with van der Waals surface area (Å²) in [4.78, 5) is 12.1. The molecule has 2 heterocycles. The molecular formula is C24H37N7. The number of rotatable bonds is 8. The molecule has 0 amide bonds. The molecule has 1 saturated heterocycles. The molecule has 0 spiro atoms. The van der Waals surface area contributed by atoms with Crippen LogP contribution in [0.15, 0.2) is 53.8 Å². The number of aromatic nitrogens is 2. The van der Waals surface area contributed by atoms with E-state index in [1.165, 1.54) is 11.1 Å². The Kier molecular flexibility index (Phi) is 8.67. The zero-order chi connectivity index (χ0) is 22.1. The lowest BCUT2D eigenvalue weighted by molar-refractivity contribution is 0.194. The first-order valence-corrected chi connectivity index (χ1v) is 11.2. The maximum absolute atomic E-state index is 4.99. The summed E-state index contributed by atoms with van der Waals surface area (Å²) in [6, 6.07) is 10.7. The standard InChI is InChI=1S/C24H37N7/c1-5-25-24(26-19-23(28(2)3)22-18-27-29(4)20-22)31-16-14-30(15-17-31)13-9-12-21-10-7-6-8-11-21/h6-12,18,20,23H,5,13-17,19H2,1-4H3,(H,25,26)/b12-9+.